The molecule has 4 heterocycles. The number of nitrogens with one attached hydrogen (secondary N) is 3. The third kappa shape index (κ3) is 10.4. The number of esters is 4. The number of nitro groups is 1. The van der Waals surface area contributed by atoms with Crippen LogP contribution in [0, 0.1) is 10.1 Å². The molecule has 0 radical (unpaired) electrons. The highest BCUT2D eigenvalue weighted by Crippen LogP contribution is 2.33. The summed E-state index contributed by atoms with van der Waals surface area (Å²) in [4.78, 5) is 76.3. The van der Waals surface area contributed by atoms with Gasteiger partial charge in [-0.25, -0.2) is 4.79 Å². The number of nitrogens with zero attached hydrogens (tertiary/aromatic N) is 1. The summed E-state index contributed by atoms with van der Waals surface area (Å²) in [6.45, 7) is -0.545. The van der Waals surface area contributed by atoms with Crippen molar-refractivity contribution in [1.82, 2.24) is 15.0 Å². The Morgan fingerprint density at radius 3 is 1.62 bits per heavy atom. The Balaban J connectivity index is 1.01. The molecule has 16 nitrogen and oxygen atoms in total. The largest absolute Gasteiger partial charge is 0.460 e. The van der Waals surface area contributed by atoms with E-state index in [0.29, 0.717) is 12.0 Å². The van der Waals surface area contributed by atoms with Gasteiger partial charge in [0.25, 0.3) is 5.69 Å². The normalized spacial score (nSPS) is 16.9. The molecule has 1 fully saturated rings. The predicted molar refractivity (Wildman–Crippen MR) is 249 cm³/mol. The summed E-state index contributed by atoms with van der Waals surface area (Å²) in [6, 6.07) is 35.2. The number of aromatic nitrogens is 3. The number of benzene rings is 5. The lowest BCUT2D eigenvalue weighted by molar-refractivity contribution is -0.384. The molecule has 0 bridgehead atoms. The van der Waals surface area contributed by atoms with Crippen LogP contribution in [-0.2, 0) is 63.9 Å². The molecule has 0 amide bonds. The average Bonchev–Trinajstić information content (AvgIpc) is 4.10. The second kappa shape index (κ2) is 20.5. The molecule has 68 heavy (non-hydrogen) atoms. The van der Waals surface area contributed by atoms with Gasteiger partial charge < -0.3 is 43.4 Å². The van der Waals surface area contributed by atoms with Gasteiger partial charge in [-0.15, -0.1) is 0 Å². The van der Waals surface area contributed by atoms with Crippen molar-refractivity contribution >= 4 is 62.3 Å². The summed E-state index contributed by atoms with van der Waals surface area (Å²) < 4.78 is 36.4. The summed E-state index contributed by atoms with van der Waals surface area (Å²) in [5, 5.41) is 14.7. The van der Waals surface area contributed by atoms with Crippen LogP contribution in [0.4, 0.5) is 5.69 Å². The van der Waals surface area contributed by atoms with Crippen LogP contribution in [0.3, 0.4) is 0 Å². The van der Waals surface area contributed by atoms with E-state index in [9.17, 15) is 29.3 Å². The number of carbonyl (C=O) groups is 4. The molecular weight excluding hydrogens is 873 g/mol. The minimum absolute atomic E-state index is 0.0498. The average molecular weight is 919 g/mol. The van der Waals surface area contributed by atoms with Crippen molar-refractivity contribution in [1.29, 1.82) is 0 Å². The number of para-hydroxylation sites is 3. The number of fused-ring (bicyclic) bond motifs is 3. The second-order valence-corrected chi connectivity index (χ2v) is 16.3. The number of non-ortho nitro benzene ring substituents is 1. The first-order chi connectivity index (χ1) is 33.2. The van der Waals surface area contributed by atoms with Crippen LogP contribution in [0.5, 0.6) is 5.75 Å². The topological polar surface area (TPSA) is 214 Å². The fourth-order valence-electron chi connectivity index (χ4n) is 8.41. The molecule has 346 valence electrons. The standard InChI is InChI=1S/C52H46N4O12/c57-46(23-18-33-27-53-41-15-7-4-12-37(33)41)65-45-31-64-52(66-44-22-21-36(56(61)62)26-40(44)51(60)63-30-32-10-2-1-3-11-32)50(68-48(59)25-20-35-29-55-43-17-9-6-14-39(35)43)49(45)67-47(58)24-19-34-28-54-42-16-8-5-13-38(34)42/h1-17,21-22,26-29,45,49-50,52-55H,18-20,23-25,30-31H2/t45-,49+,50-,52?/m1/s1. The molecular formula is C52H46N4O12. The number of hydrogen-bond acceptors (Lipinski definition) is 12. The first kappa shape index (κ1) is 44.9. The van der Waals surface area contributed by atoms with Crippen LogP contribution in [0.15, 0.2) is 140 Å². The molecule has 1 aliphatic rings. The van der Waals surface area contributed by atoms with E-state index in [-0.39, 0.29) is 50.0 Å². The van der Waals surface area contributed by atoms with Gasteiger partial charge in [0.2, 0.25) is 12.4 Å². The maximum Gasteiger partial charge on any atom is 0.342 e. The Hall–Kier alpha value is -8.24. The highest BCUT2D eigenvalue weighted by Gasteiger charge is 2.49. The minimum atomic E-state index is -1.60. The van der Waals surface area contributed by atoms with E-state index >= 15 is 0 Å². The van der Waals surface area contributed by atoms with Gasteiger partial charge in [-0.2, -0.15) is 0 Å². The summed E-state index contributed by atoms with van der Waals surface area (Å²) in [7, 11) is 0. The van der Waals surface area contributed by atoms with Crippen LogP contribution in [-0.4, -0.2) is 75.0 Å². The van der Waals surface area contributed by atoms with Gasteiger partial charge >= 0.3 is 23.9 Å². The van der Waals surface area contributed by atoms with Crippen LogP contribution in [0.2, 0.25) is 0 Å². The first-order valence-corrected chi connectivity index (χ1v) is 22.2. The van der Waals surface area contributed by atoms with Crippen molar-refractivity contribution in [3.05, 3.63) is 178 Å². The fraction of sp³-hybridized carbons (Fsp3) is 0.231. The number of aromatic amines is 3. The zero-order valence-electron chi connectivity index (χ0n) is 36.6. The van der Waals surface area contributed by atoms with Gasteiger partial charge in [-0.05, 0) is 65.8 Å². The van der Waals surface area contributed by atoms with Gasteiger partial charge in [-0.3, -0.25) is 24.5 Å². The van der Waals surface area contributed by atoms with Gasteiger partial charge in [0.15, 0.2) is 12.2 Å². The third-order valence-electron chi connectivity index (χ3n) is 11.9. The number of H-pyrrole nitrogens is 3. The number of ether oxygens (including phenoxy) is 6. The van der Waals surface area contributed by atoms with Crippen LogP contribution in [0.25, 0.3) is 32.7 Å². The Labute approximate surface area is 388 Å². The van der Waals surface area contributed by atoms with Crippen molar-refractivity contribution in [3.63, 3.8) is 0 Å². The maximum absolute atomic E-state index is 14.0. The summed E-state index contributed by atoms with van der Waals surface area (Å²) in [5.74, 6) is -3.21. The lowest BCUT2D eigenvalue weighted by atomic mass is 10.0. The van der Waals surface area contributed by atoms with E-state index in [1.54, 1.807) is 30.3 Å². The number of hydrogen-bond donors (Lipinski definition) is 3. The van der Waals surface area contributed by atoms with Gasteiger partial charge in [0, 0.05) is 82.7 Å². The predicted octanol–water partition coefficient (Wildman–Crippen LogP) is 8.76. The number of rotatable bonds is 18. The highest BCUT2D eigenvalue weighted by molar-refractivity contribution is 5.93. The van der Waals surface area contributed by atoms with Crippen LogP contribution in [0.1, 0.15) is 51.9 Å². The molecule has 3 N–H and O–H groups in total. The Bertz CT molecular complexity index is 3100. The monoisotopic (exact) mass is 918 g/mol. The minimum Gasteiger partial charge on any atom is -0.460 e. The Morgan fingerprint density at radius 2 is 1.09 bits per heavy atom. The number of nitro benzene ring substituents is 1. The number of carbonyl (C=O) groups excluding carboxylic acids is 4. The van der Waals surface area contributed by atoms with Gasteiger partial charge in [-0.1, -0.05) is 84.9 Å². The lowest BCUT2D eigenvalue weighted by Gasteiger charge is -2.40. The molecule has 3 aromatic heterocycles. The maximum atomic E-state index is 14.0. The second-order valence-electron chi connectivity index (χ2n) is 16.3. The van der Waals surface area contributed by atoms with Gasteiger partial charge in [0.1, 0.15) is 17.9 Å². The van der Waals surface area contributed by atoms with Crippen molar-refractivity contribution < 1.29 is 52.5 Å². The van der Waals surface area contributed by atoms with E-state index in [1.165, 1.54) is 6.07 Å². The molecule has 0 saturated carbocycles. The molecule has 16 heteroatoms. The van der Waals surface area contributed by atoms with Crippen LogP contribution >= 0.6 is 0 Å². The Kier molecular flexibility index (Phi) is 13.6. The first-order valence-electron chi connectivity index (χ1n) is 22.2. The van der Waals surface area contributed by atoms with Gasteiger partial charge in [0.05, 0.1) is 11.5 Å². The third-order valence-corrected chi connectivity index (χ3v) is 11.9. The zero-order chi connectivity index (χ0) is 47.0. The van der Waals surface area contributed by atoms with E-state index < -0.39 is 65.7 Å². The quantitative estimate of drug-likeness (QED) is 0.0319. The van der Waals surface area contributed by atoms with Crippen LogP contribution < -0.4 is 4.74 Å². The Morgan fingerprint density at radius 1 is 0.603 bits per heavy atom. The van der Waals surface area contributed by atoms with E-state index in [0.717, 1.165) is 61.5 Å². The van der Waals surface area contributed by atoms with Crippen molar-refractivity contribution in [2.45, 2.75) is 69.7 Å². The molecule has 4 atom stereocenters. The fourth-order valence-corrected chi connectivity index (χ4v) is 8.41. The lowest BCUT2D eigenvalue weighted by Crippen LogP contribution is -2.59. The molecule has 5 aromatic carbocycles. The SMILES string of the molecule is O=C(CCc1c[nH]c2ccccc12)O[C@H]1[C@H](OC(=O)CCc2c[nH]c3ccccc23)COC(Oc2ccc([N+](=O)[O-])cc2C(=O)OCc2ccccc2)[C@@H]1OC(=O)CCc1c[nH]c2ccccc12. The summed E-state index contributed by atoms with van der Waals surface area (Å²) in [5.41, 5.74) is 5.26. The number of aryl methyl sites for hydroxylation is 3. The van der Waals surface area contributed by atoms with E-state index in [4.69, 9.17) is 28.4 Å². The van der Waals surface area contributed by atoms with Crippen molar-refractivity contribution in [2.75, 3.05) is 6.61 Å². The molecule has 9 rings (SSSR count). The molecule has 0 spiro atoms. The molecule has 1 saturated heterocycles. The molecule has 1 aliphatic heterocycles. The summed E-state index contributed by atoms with van der Waals surface area (Å²) >= 11 is 0. The van der Waals surface area contributed by atoms with Crippen molar-refractivity contribution in [3.8, 4) is 5.75 Å². The smallest absolute Gasteiger partial charge is 0.342 e. The highest BCUT2D eigenvalue weighted by atomic mass is 16.7. The van der Waals surface area contributed by atoms with E-state index in [1.807, 2.05) is 91.4 Å². The summed E-state index contributed by atoms with van der Waals surface area (Å²) in [6.07, 6.45) is 0.0955. The molecule has 8 aromatic rings. The molecule has 0 aliphatic carbocycles. The molecule has 1 unspecified atom stereocenters. The van der Waals surface area contributed by atoms with E-state index in [2.05, 4.69) is 15.0 Å². The van der Waals surface area contributed by atoms with Crippen molar-refractivity contribution in [2.24, 2.45) is 0 Å². The zero-order valence-corrected chi connectivity index (χ0v) is 36.6.